The van der Waals surface area contributed by atoms with Gasteiger partial charge in [0.2, 0.25) is 0 Å². The molecule has 104 valence electrons. The summed E-state index contributed by atoms with van der Waals surface area (Å²) in [7, 11) is 1.32. The van der Waals surface area contributed by atoms with Crippen LogP contribution in [0.2, 0.25) is 0 Å². The van der Waals surface area contributed by atoms with Crippen molar-refractivity contribution in [3.8, 4) is 0 Å². The van der Waals surface area contributed by atoms with Crippen LogP contribution in [0.5, 0.6) is 0 Å². The van der Waals surface area contributed by atoms with E-state index in [1.54, 1.807) is 0 Å². The third-order valence-electron chi connectivity index (χ3n) is 2.80. The molecule has 0 aliphatic carbocycles. The van der Waals surface area contributed by atoms with E-state index in [4.69, 9.17) is 0 Å². The highest BCUT2D eigenvalue weighted by molar-refractivity contribution is 6.22. The molecule has 0 saturated carbocycles. The first-order valence-electron chi connectivity index (χ1n) is 5.61. The number of hydrogen-bond acceptors (Lipinski definition) is 6. The molecule has 0 radical (unpaired) electrons. The number of hydrogen-bond donors (Lipinski definition) is 0. The highest BCUT2D eigenvalue weighted by atomic mass is 16.6. The van der Waals surface area contributed by atoms with Gasteiger partial charge in [0.1, 0.15) is 6.61 Å². The van der Waals surface area contributed by atoms with Gasteiger partial charge >= 0.3 is 0 Å². The van der Waals surface area contributed by atoms with E-state index in [-0.39, 0.29) is 23.4 Å². The SMILES string of the molecule is COCC(=O)CN1C(=O)c2ccc([N+](=O)[O-])cc2C1=O. The van der Waals surface area contributed by atoms with Crippen molar-refractivity contribution >= 4 is 23.3 Å². The Morgan fingerprint density at radius 1 is 1.30 bits per heavy atom. The lowest BCUT2D eigenvalue weighted by atomic mass is 10.1. The molecule has 0 fully saturated rings. The smallest absolute Gasteiger partial charge is 0.270 e. The number of carbonyl (C=O) groups excluding carboxylic acids is 3. The van der Waals surface area contributed by atoms with Crippen molar-refractivity contribution in [2.75, 3.05) is 20.3 Å². The Balaban J connectivity index is 2.30. The van der Waals surface area contributed by atoms with E-state index in [1.165, 1.54) is 13.2 Å². The zero-order chi connectivity index (χ0) is 14.9. The molecular weight excluding hydrogens is 268 g/mol. The number of non-ortho nitro benzene ring substituents is 1. The summed E-state index contributed by atoms with van der Waals surface area (Å²) < 4.78 is 4.62. The van der Waals surface area contributed by atoms with E-state index in [2.05, 4.69) is 4.74 Å². The van der Waals surface area contributed by atoms with Crippen LogP contribution >= 0.6 is 0 Å². The summed E-state index contributed by atoms with van der Waals surface area (Å²) in [6.45, 7) is -0.623. The quantitative estimate of drug-likeness (QED) is 0.438. The van der Waals surface area contributed by atoms with Crippen LogP contribution in [0.15, 0.2) is 18.2 Å². The second kappa shape index (κ2) is 5.17. The predicted octanol–water partition coefficient (Wildman–Crippen LogP) is 0.406. The number of ether oxygens (including phenoxy) is 1. The fourth-order valence-corrected chi connectivity index (χ4v) is 1.92. The summed E-state index contributed by atoms with van der Waals surface area (Å²) >= 11 is 0. The molecule has 0 atom stereocenters. The van der Waals surface area contributed by atoms with Gasteiger partial charge in [-0.05, 0) is 6.07 Å². The molecule has 1 aliphatic heterocycles. The van der Waals surface area contributed by atoms with Crippen LogP contribution in [0.3, 0.4) is 0 Å². The number of carbonyl (C=O) groups is 3. The van der Waals surface area contributed by atoms with Gasteiger partial charge in [-0.2, -0.15) is 0 Å². The number of fused-ring (bicyclic) bond motifs is 1. The first-order valence-corrected chi connectivity index (χ1v) is 5.61. The van der Waals surface area contributed by atoms with Gasteiger partial charge in [-0.3, -0.25) is 29.4 Å². The molecule has 8 heteroatoms. The molecule has 1 aliphatic rings. The molecule has 20 heavy (non-hydrogen) atoms. The molecule has 2 rings (SSSR count). The standard InChI is InChI=1S/C12H10N2O6/c1-20-6-8(15)5-13-11(16)9-3-2-7(14(18)19)4-10(9)12(13)17/h2-4H,5-6H2,1H3. The topological polar surface area (TPSA) is 107 Å². The lowest BCUT2D eigenvalue weighted by Crippen LogP contribution is -2.36. The van der Waals surface area contributed by atoms with E-state index in [0.717, 1.165) is 17.0 Å². The van der Waals surface area contributed by atoms with Crippen LogP contribution in [-0.2, 0) is 9.53 Å². The predicted molar refractivity (Wildman–Crippen MR) is 65.3 cm³/mol. The number of nitrogens with zero attached hydrogens (tertiary/aromatic N) is 2. The molecule has 0 aromatic heterocycles. The van der Waals surface area contributed by atoms with Gasteiger partial charge in [0.05, 0.1) is 22.6 Å². The highest BCUT2D eigenvalue weighted by Crippen LogP contribution is 2.26. The van der Waals surface area contributed by atoms with Gasteiger partial charge in [0, 0.05) is 19.2 Å². The number of nitro benzene ring substituents is 1. The van der Waals surface area contributed by atoms with Gasteiger partial charge in [-0.15, -0.1) is 0 Å². The molecule has 1 aromatic carbocycles. The third kappa shape index (κ3) is 2.28. The average Bonchev–Trinajstić information content (AvgIpc) is 2.64. The molecule has 2 amide bonds. The number of nitro groups is 1. The van der Waals surface area contributed by atoms with Crippen molar-refractivity contribution in [2.24, 2.45) is 0 Å². The maximum Gasteiger partial charge on any atom is 0.270 e. The molecule has 1 aromatic rings. The zero-order valence-corrected chi connectivity index (χ0v) is 10.5. The van der Waals surface area contributed by atoms with Crippen LogP contribution in [-0.4, -0.2) is 47.7 Å². The van der Waals surface area contributed by atoms with Crippen LogP contribution in [0.25, 0.3) is 0 Å². The van der Waals surface area contributed by atoms with E-state index in [1.807, 2.05) is 0 Å². The number of imide groups is 1. The third-order valence-corrected chi connectivity index (χ3v) is 2.80. The minimum Gasteiger partial charge on any atom is -0.377 e. The van der Waals surface area contributed by atoms with E-state index in [9.17, 15) is 24.5 Å². The van der Waals surface area contributed by atoms with Crippen molar-refractivity contribution < 1.29 is 24.0 Å². The maximum absolute atomic E-state index is 12.0. The van der Waals surface area contributed by atoms with Crippen molar-refractivity contribution in [3.63, 3.8) is 0 Å². The van der Waals surface area contributed by atoms with Gasteiger partial charge in [-0.1, -0.05) is 0 Å². The second-order valence-electron chi connectivity index (χ2n) is 4.16. The minimum absolute atomic E-state index is 0.0607. The van der Waals surface area contributed by atoms with Crippen molar-refractivity contribution in [3.05, 3.63) is 39.4 Å². The molecule has 0 N–H and O–H groups in total. The fraction of sp³-hybridized carbons (Fsp3) is 0.250. The molecular formula is C12H10N2O6. The van der Waals surface area contributed by atoms with Crippen LogP contribution in [0, 0.1) is 10.1 Å². The largest absolute Gasteiger partial charge is 0.377 e. The van der Waals surface area contributed by atoms with Crippen LogP contribution in [0.1, 0.15) is 20.7 Å². The number of rotatable bonds is 5. The monoisotopic (exact) mass is 278 g/mol. The van der Waals surface area contributed by atoms with Crippen molar-refractivity contribution in [1.82, 2.24) is 4.90 Å². The molecule has 0 spiro atoms. The van der Waals surface area contributed by atoms with Gasteiger partial charge < -0.3 is 4.74 Å². The van der Waals surface area contributed by atoms with Gasteiger partial charge in [0.25, 0.3) is 17.5 Å². The summed E-state index contributed by atoms with van der Waals surface area (Å²) in [6, 6.07) is 3.40. The van der Waals surface area contributed by atoms with Crippen molar-refractivity contribution in [2.45, 2.75) is 0 Å². The Kier molecular flexibility index (Phi) is 3.57. The minimum atomic E-state index is -0.710. The maximum atomic E-state index is 12.0. The average molecular weight is 278 g/mol. The lowest BCUT2D eigenvalue weighted by Gasteiger charge is -2.11. The fourth-order valence-electron chi connectivity index (χ4n) is 1.92. The van der Waals surface area contributed by atoms with E-state index >= 15 is 0 Å². The first kappa shape index (κ1) is 13.8. The van der Waals surface area contributed by atoms with Crippen molar-refractivity contribution in [1.29, 1.82) is 0 Å². The molecule has 8 nitrogen and oxygen atoms in total. The van der Waals surface area contributed by atoms with Gasteiger partial charge in [-0.25, -0.2) is 0 Å². The Morgan fingerprint density at radius 3 is 2.55 bits per heavy atom. The number of methoxy groups -OCH3 is 1. The Bertz CT molecular complexity index is 624. The van der Waals surface area contributed by atoms with Crippen LogP contribution < -0.4 is 0 Å². The number of benzene rings is 1. The Hall–Kier alpha value is -2.61. The van der Waals surface area contributed by atoms with E-state index in [0.29, 0.717) is 0 Å². The number of Topliss-reactive ketones (excluding diaryl/α,β-unsaturated/α-hetero) is 1. The molecule has 0 bridgehead atoms. The number of amides is 2. The lowest BCUT2D eigenvalue weighted by molar-refractivity contribution is -0.384. The first-order chi connectivity index (χ1) is 9.45. The van der Waals surface area contributed by atoms with Crippen LogP contribution in [0.4, 0.5) is 5.69 Å². The number of ketones is 1. The molecule has 0 unspecified atom stereocenters. The molecule has 0 saturated heterocycles. The highest BCUT2D eigenvalue weighted by Gasteiger charge is 2.37. The zero-order valence-electron chi connectivity index (χ0n) is 10.5. The normalized spacial score (nSPS) is 13.6. The summed E-state index contributed by atoms with van der Waals surface area (Å²) in [5.41, 5.74) is -0.282. The summed E-state index contributed by atoms with van der Waals surface area (Å²) in [4.78, 5) is 46.2. The summed E-state index contributed by atoms with van der Waals surface area (Å²) in [5, 5.41) is 10.7. The van der Waals surface area contributed by atoms with Gasteiger partial charge in [0.15, 0.2) is 5.78 Å². The Morgan fingerprint density at radius 2 is 1.95 bits per heavy atom. The summed E-state index contributed by atoms with van der Waals surface area (Å²) in [6.07, 6.45) is 0. The second-order valence-corrected chi connectivity index (χ2v) is 4.16. The summed E-state index contributed by atoms with van der Waals surface area (Å²) in [5.74, 6) is -1.78. The Labute approximate surface area is 113 Å². The van der Waals surface area contributed by atoms with E-state index < -0.39 is 29.1 Å². The molecule has 1 heterocycles.